The van der Waals surface area contributed by atoms with Crippen molar-refractivity contribution in [3.63, 3.8) is 0 Å². The van der Waals surface area contributed by atoms with E-state index in [2.05, 4.69) is 24.7 Å². The molecule has 4 N–H and O–H groups in total. The molecule has 0 radical (unpaired) electrons. The molecule has 0 unspecified atom stereocenters. The highest BCUT2D eigenvalue weighted by Gasteiger charge is 2.45. The maximum absolute atomic E-state index is 13.6. The van der Waals surface area contributed by atoms with Gasteiger partial charge in [0.2, 0.25) is 5.82 Å². The summed E-state index contributed by atoms with van der Waals surface area (Å²) in [5, 5.41) is 7.95. The molecule has 0 aliphatic heterocycles. The largest absolute Gasteiger partial charge is 0.470 e. The first kappa shape index (κ1) is 31.8. The monoisotopic (exact) mass is 656 g/mol. The van der Waals surface area contributed by atoms with Crippen LogP contribution in [-0.2, 0) is 28.4 Å². The first-order chi connectivity index (χ1) is 19.8. The van der Waals surface area contributed by atoms with E-state index >= 15 is 0 Å². The van der Waals surface area contributed by atoms with Crippen molar-refractivity contribution in [2.75, 3.05) is 0 Å². The van der Waals surface area contributed by atoms with Gasteiger partial charge in [-0.1, -0.05) is 11.6 Å². The molecule has 1 amide bonds. The molecule has 4 rings (SSSR count). The van der Waals surface area contributed by atoms with Crippen LogP contribution >= 0.6 is 19.4 Å². The molecule has 0 bridgehead atoms. The van der Waals surface area contributed by atoms with Crippen LogP contribution in [0.2, 0.25) is 5.02 Å². The lowest BCUT2D eigenvalue weighted by Gasteiger charge is -2.21. The summed E-state index contributed by atoms with van der Waals surface area (Å²) in [6.45, 7) is -2.30. The molecule has 3 aromatic heterocycles. The minimum absolute atomic E-state index is 0.0250. The quantitative estimate of drug-likeness (QED) is 0.178. The van der Waals surface area contributed by atoms with Crippen LogP contribution in [0, 0.1) is 0 Å². The third-order valence-corrected chi connectivity index (χ3v) is 6.24. The molecule has 1 aromatic carbocycles. The summed E-state index contributed by atoms with van der Waals surface area (Å²) >= 11 is 5.85. The predicted molar refractivity (Wildman–Crippen MR) is 132 cm³/mol. The van der Waals surface area contributed by atoms with Crippen LogP contribution in [0.5, 0.6) is 0 Å². The van der Waals surface area contributed by atoms with Gasteiger partial charge in [0.15, 0.2) is 23.6 Å². The van der Waals surface area contributed by atoms with Gasteiger partial charge in [0.25, 0.3) is 5.91 Å². The van der Waals surface area contributed by atoms with E-state index in [1.54, 1.807) is 0 Å². The molecule has 0 saturated heterocycles. The molecule has 14 nitrogen and oxygen atoms in total. The smallest absolute Gasteiger partial charge is 0.363 e. The highest BCUT2D eigenvalue weighted by atomic mass is 35.5. The first-order valence-corrected chi connectivity index (χ1v) is 13.3. The van der Waals surface area contributed by atoms with Crippen LogP contribution in [0.4, 0.5) is 26.3 Å². The van der Waals surface area contributed by atoms with Crippen LogP contribution < -0.4 is 11.4 Å². The Labute approximate surface area is 239 Å². The van der Waals surface area contributed by atoms with E-state index in [0.29, 0.717) is 20.0 Å². The van der Waals surface area contributed by atoms with E-state index in [9.17, 15) is 40.5 Å². The molecule has 0 aliphatic carbocycles. The third kappa shape index (κ3) is 7.28. The summed E-state index contributed by atoms with van der Waals surface area (Å²) in [4.78, 5) is 50.6. The Morgan fingerprint density at radius 2 is 1.74 bits per heavy atom. The van der Waals surface area contributed by atoms with Crippen molar-refractivity contribution >= 4 is 25.3 Å². The fourth-order valence-electron chi connectivity index (χ4n) is 3.70. The Morgan fingerprint density at radius 3 is 2.30 bits per heavy atom. The van der Waals surface area contributed by atoms with Crippen molar-refractivity contribution in [1.29, 1.82) is 0 Å². The Hall–Kier alpha value is -4.10. The maximum atomic E-state index is 13.6. The zero-order chi connectivity index (χ0) is 31.9. The third-order valence-electron chi connectivity index (χ3n) is 5.46. The van der Waals surface area contributed by atoms with E-state index < -0.39 is 79.8 Å². The molecule has 0 spiro atoms. The zero-order valence-electron chi connectivity index (χ0n) is 20.9. The Bertz CT molecular complexity index is 1770. The van der Waals surface area contributed by atoms with Crippen molar-refractivity contribution in [2.45, 2.75) is 31.5 Å². The molecule has 4 aromatic rings. The lowest BCUT2D eigenvalue weighted by Crippen LogP contribution is -2.38. The molecular formula is C21H16ClF6N8O6P. The van der Waals surface area contributed by atoms with Gasteiger partial charge < -0.3 is 15.5 Å². The van der Waals surface area contributed by atoms with E-state index in [1.807, 2.05) is 0 Å². The first-order valence-electron chi connectivity index (χ1n) is 11.4. The van der Waals surface area contributed by atoms with Gasteiger partial charge in [-0.05, 0) is 36.4 Å². The van der Waals surface area contributed by atoms with E-state index in [4.69, 9.17) is 27.1 Å². The number of amides is 1. The number of carbonyl (C=O) groups excluding carboxylic acids is 1. The molecule has 22 heteroatoms. The van der Waals surface area contributed by atoms with Gasteiger partial charge in [0.1, 0.15) is 12.1 Å². The van der Waals surface area contributed by atoms with Crippen molar-refractivity contribution in [1.82, 2.24) is 34.1 Å². The summed E-state index contributed by atoms with van der Waals surface area (Å²) < 4.78 is 98.0. The molecule has 1 atom stereocenters. The number of nitrogens with two attached hydrogens (primary N) is 1. The molecule has 0 fully saturated rings. The fraction of sp³-hybridized carbons (Fsp3) is 0.238. The number of pyridine rings is 1. The maximum Gasteiger partial charge on any atom is 0.470 e. The summed E-state index contributed by atoms with van der Waals surface area (Å²) in [6, 6.07) is 6.79. The average molecular weight is 657 g/mol. The number of carbonyl (C=O) groups is 1. The molecule has 0 aliphatic rings. The SMILES string of the molecule is NC(=O)c1nc(Cn2nc(-c3ccc(Cl)cc3)n(C[C@H](OP(=O)(O)O)C(F)(F)F)c2=O)nn1-c1ncccc1C(F)(F)F. The zero-order valence-corrected chi connectivity index (χ0v) is 22.5. The number of primary amides is 1. The van der Waals surface area contributed by atoms with Gasteiger partial charge in [-0.3, -0.25) is 13.9 Å². The Morgan fingerprint density at radius 1 is 1.09 bits per heavy atom. The molecule has 0 saturated carbocycles. The highest BCUT2D eigenvalue weighted by Crippen LogP contribution is 2.42. The second kappa shape index (κ2) is 11.5. The second-order valence-electron chi connectivity index (χ2n) is 8.51. The van der Waals surface area contributed by atoms with Crippen LogP contribution in [-0.4, -0.2) is 62.1 Å². The van der Waals surface area contributed by atoms with Crippen LogP contribution in [0.1, 0.15) is 22.0 Å². The van der Waals surface area contributed by atoms with Crippen molar-refractivity contribution in [2.24, 2.45) is 5.73 Å². The number of rotatable bonds is 9. The van der Waals surface area contributed by atoms with Gasteiger partial charge in [0, 0.05) is 16.8 Å². The minimum atomic E-state index is -5.70. The number of aromatic nitrogens is 7. The van der Waals surface area contributed by atoms with E-state index in [-0.39, 0.29) is 10.6 Å². The Kier molecular flexibility index (Phi) is 8.53. The number of hydrogen-bond acceptors (Lipinski definition) is 8. The van der Waals surface area contributed by atoms with Gasteiger partial charge in [-0.2, -0.15) is 31.0 Å². The number of alkyl halides is 6. The minimum Gasteiger partial charge on any atom is -0.363 e. The lowest BCUT2D eigenvalue weighted by molar-refractivity contribution is -0.202. The topological polar surface area (TPSA) is 193 Å². The fourth-order valence-corrected chi connectivity index (χ4v) is 4.34. The molecular weight excluding hydrogens is 641 g/mol. The van der Waals surface area contributed by atoms with Crippen molar-refractivity contribution in [3.8, 4) is 17.2 Å². The predicted octanol–water partition coefficient (Wildman–Crippen LogP) is 2.55. The summed E-state index contributed by atoms with van der Waals surface area (Å²) in [7, 11) is -5.70. The summed E-state index contributed by atoms with van der Waals surface area (Å²) in [6.07, 6.45) is -12.5. The van der Waals surface area contributed by atoms with Gasteiger partial charge in [0.05, 0.1) is 6.54 Å². The molecule has 3 heterocycles. The Balaban J connectivity index is 1.83. The number of phosphoric ester groups is 1. The molecule has 43 heavy (non-hydrogen) atoms. The van der Waals surface area contributed by atoms with Crippen molar-refractivity contribution < 1.29 is 50.0 Å². The summed E-state index contributed by atoms with van der Waals surface area (Å²) in [5.74, 6) is -4.02. The average Bonchev–Trinajstić information content (AvgIpc) is 3.44. The number of nitrogens with zero attached hydrogens (tertiary/aromatic N) is 7. The normalized spacial score (nSPS) is 13.3. The molecule has 230 valence electrons. The number of halogens is 7. The van der Waals surface area contributed by atoms with Crippen LogP contribution in [0.15, 0.2) is 47.4 Å². The second-order valence-corrected chi connectivity index (χ2v) is 10.1. The van der Waals surface area contributed by atoms with Gasteiger partial charge >= 0.3 is 25.9 Å². The summed E-state index contributed by atoms with van der Waals surface area (Å²) in [5.41, 5.74) is 2.66. The standard InChI is InChI=1S/C21H16ClF6N8O6P/c22-11-5-3-10(4-6-11)16-33-35(19(38)34(16)8-13(21(26,27)28)42-43(39,40)41)9-14-31-18(15(29)37)36(32-14)17-12(20(23,24)25)2-1-7-30-17/h1-7,13H,8-9H2,(H2,29,37)(H2,39,40,41)/t13-/m0/s1. The number of hydrogen-bond donors (Lipinski definition) is 3. The van der Waals surface area contributed by atoms with Crippen LogP contribution in [0.25, 0.3) is 17.2 Å². The van der Waals surface area contributed by atoms with E-state index in [0.717, 1.165) is 12.3 Å². The van der Waals surface area contributed by atoms with Crippen LogP contribution in [0.3, 0.4) is 0 Å². The van der Waals surface area contributed by atoms with Gasteiger partial charge in [-0.15, -0.1) is 10.2 Å². The van der Waals surface area contributed by atoms with E-state index in [1.165, 1.54) is 24.3 Å². The lowest BCUT2D eigenvalue weighted by atomic mass is 10.2. The number of phosphoric acid groups is 1. The van der Waals surface area contributed by atoms with Gasteiger partial charge in [-0.25, -0.2) is 24.0 Å². The van der Waals surface area contributed by atoms with Crippen molar-refractivity contribution in [3.05, 3.63) is 75.3 Å². The number of benzene rings is 1. The highest BCUT2D eigenvalue weighted by molar-refractivity contribution is 7.46.